The minimum atomic E-state index is -0.689. The molecule has 3 aromatic rings. The zero-order chi connectivity index (χ0) is 19.2. The minimum Gasteiger partial charge on any atom is -0.411 e. The largest absolute Gasteiger partial charge is 0.411 e. The molecular weight excluding hydrogens is 391 g/mol. The molecule has 0 bridgehead atoms. The highest BCUT2D eigenvalue weighted by Gasteiger charge is 2.14. The van der Waals surface area contributed by atoms with Gasteiger partial charge in [-0.1, -0.05) is 35.5 Å². The summed E-state index contributed by atoms with van der Waals surface area (Å²) in [6.07, 6.45) is -0.846. The summed E-state index contributed by atoms with van der Waals surface area (Å²) < 4.78 is 24.2. The zero-order valence-corrected chi connectivity index (χ0v) is 16.1. The Hall–Kier alpha value is -1.93. The lowest BCUT2D eigenvalue weighted by atomic mass is 10.1. The molecule has 0 aliphatic carbocycles. The number of rotatable bonds is 8. The SMILES string of the molecule is C[C@H](OC[C@H](O)CSc1nnc(-c2ccc(F)cc2)o1)c1ccc(Cl)cc1. The van der Waals surface area contributed by atoms with Gasteiger partial charge in [-0.3, -0.25) is 0 Å². The van der Waals surface area contributed by atoms with Crippen LogP contribution in [-0.2, 0) is 4.74 Å². The molecule has 8 heteroatoms. The van der Waals surface area contributed by atoms with Crippen molar-refractivity contribution >= 4 is 23.4 Å². The monoisotopic (exact) mass is 408 g/mol. The van der Waals surface area contributed by atoms with Crippen molar-refractivity contribution in [2.45, 2.75) is 24.4 Å². The number of benzene rings is 2. The molecule has 0 spiro atoms. The van der Waals surface area contributed by atoms with Crippen LogP contribution in [0.1, 0.15) is 18.6 Å². The number of nitrogens with zero attached hydrogens (tertiary/aromatic N) is 2. The van der Waals surface area contributed by atoms with E-state index < -0.39 is 6.10 Å². The van der Waals surface area contributed by atoms with Gasteiger partial charge >= 0.3 is 0 Å². The highest BCUT2D eigenvalue weighted by atomic mass is 35.5. The lowest BCUT2D eigenvalue weighted by Gasteiger charge is -2.16. The Labute approximate surface area is 165 Å². The van der Waals surface area contributed by atoms with Gasteiger partial charge in [0.05, 0.1) is 18.8 Å². The van der Waals surface area contributed by atoms with Gasteiger partial charge in [-0.25, -0.2) is 4.39 Å². The Bertz CT molecular complexity index is 858. The van der Waals surface area contributed by atoms with E-state index in [0.717, 1.165) is 5.56 Å². The van der Waals surface area contributed by atoms with E-state index in [1.165, 1.54) is 23.9 Å². The maximum absolute atomic E-state index is 13.0. The molecule has 1 aromatic heterocycles. The Kier molecular flexibility index (Phi) is 6.84. The lowest BCUT2D eigenvalue weighted by molar-refractivity contribution is 0.00618. The van der Waals surface area contributed by atoms with Crippen molar-refractivity contribution in [1.29, 1.82) is 0 Å². The Balaban J connectivity index is 1.46. The third-order valence-electron chi connectivity index (χ3n) is 3.77. The van der Waals surface area contributed by atoms with E-state index >= 15 is 0 Å². The van der Waals surface area contributed by atoms with Gasteiger partial charge in [0.15, 0.2) is 0 Å². The van der Waals surface area contributed by atoms with Gasteiger partial charge in [0, 0.05) is 16.3 Å². The van der Waals surface area contributed by atoms with Crippen LogP contribution in [0.15, 0.2) is 58.2 Å². The summed E-state index contributed by atoms with van der Waals surface area (Å²) in [6.45, 7) is 2.09. The Morgan fingerprint density at radius 1 is 1.15 bits per heavy atom. The summed E-state index contributed by atoms with van der Waals surface area (Å²) >= 11 is 7.11. The van der Waals surface area contributed by atoms with Gasteiger partial charge in [-0.05, 0) is 48.9 Å². The van der Waals surface area contributed by atoms with Gasteiger partial charge in [0.2, 0.25) is 5.89 Å². The summed E-state index contributed by atoms with van der Waals surface area (Å²) in [5.74, 6) is 0.321. The first-order valence-corrected chi connectivity index (χ1v) is 9.65. The van der Waals surface area contributed by atoms with Crippen LogP contribution >= 0.6 is 23.4 Å². The summed E-state index contributed by atoms with van der Waals surface area (Å²) in [5.41, 5.74) is 1.62. The van der Waals surface area contributed by atoms with E-state index in [2.05, 4.69) is 10.2 Å². The van der Waals surface area contributed by atoms with Crippen LogP contribution in [0.5, 0.6) is 0 Å². The molecule has 0 saturated carbocycles. The third-order valence-corrected chi connectivity index (χ3v) is 4.99. The quantitative estimate of drug-likeness (QED) is 0.542. The van der Waals surface area contributed by atoms with Crippen molar-refractivity contribution in [3.8, 4) is 11.5 Å². The van der Waals surface area contributed by atoms with Crippen LogP contribution in [0.25, 0.3) is 11.5 Å². The van der Waals surface area contributed by atoms with E-state index in [4.69, 9.17) is 20.8 Å². The molecule has 27 heavy (non-hydrogen) atoms. The summed E-state index contributed by atoms with van der Waals surface area (Å²) in [6, 6.07) is 13.2. The molecular formula is C19H18ClFN2O3S. The topological polar surface area (TPSA) is 68.4 Å². The smallest absolute Gasteiger partial charge is 0.276 e. The fourth-order valence-electron chi connectivity index (χ4n) is 2.28. The highest BCUT2D eigenvalue weighted by molar-refractivity contribution is 7.99. The van der Waals surface area contributed by atoms with Gasteiger partial charge in [0.1, 0.15) is 5.82 Å². The van der Waals surface area contributed by atoms with E-state index in [9.17, 15) is 9.50 Å². The second kappa shape index (κ2) is 9.32. The average molecular weight is 409 g/mol. The third kappa shape index (κ3) is 5.77. The molecule has 1 N–H and O–H groups in total. The molecule has 1 heterocycles. The number of ether oxygens (including phenoxy) is 1. The number of hydrogen-bond donors (Lipinski definition) is 1. The first kappa shape index (κ1) is 19.8. The Morgan fingerprint density at radius 2 is 1.85 bits per heavy atom. The van der Waals surface area contributed by atoms with Crippen molar-refractivity contribution in [3.05, 3.63) is 64.9 Å². The van der Waals surface area contributed by atoms with Crippen molar-refractivity contribution in [2.24, 2.45) is 0 Å². The molecule has 3 rings (SSSR count). The van der Waals surface area contributed by atoms with Crippen LogP contribution in [0, 0.1) is 5.82 Å². The van der Waals surface area contributed by atoms with E-state index in [0.29, 0.717) is 27.5 Å². The fourth-order valence-corrected chi connectivity index (χ4v) is 3.07. The maximum atomic E-state index is 13.0. The standard InChI is InChI=1S/C19H18ClFN2O3S/c1-12(13-2-6-15(20)7-3-13)25-10-17(24)11-27-19-23-22-18(26-19)14-4-8-16(21)9-5-14/h2-9,12,17,24H,10-11H2,1H3/t12-,17-/m0/s1. The number of hydrogen-bond acceptors (Lipinski definition) is 6. The van der Waals surface area contributed by atoms with Gasteiger partial charge < -0.3 is 14.3 Å². The average Bonchev–Trinajstić information content (AvgIpc) is 3.14. The molecule has 2 atom stereocenters. The van der Waals surface area contributed by atoms with Crippen LogP contribution in [0.2, 0.25) is 5.02 Å². The Morgan fingerprint density at radius 3 is 2.56 bits per heavy atom. The number of aliphatic hydroxyl groups is 1. The molecule has 0 saturated heterocycles. The fraction of sp³-hybridized carbons (Fsp3) is 0.263. The molecule has 5 nitrogen and oxygen atoms in total. The molecule has 0 unspecified atom stereocenters. The first-order valence-electron chi connectivity index (χ1n) is 8.28. The highest BCUT2D eigenvalue weighted by Crippen LogP contribution is 2.24. The summed E-state index contributed by atoms with van der Waals surface area (Å²) in [5, 5.41) is 19.0. The van der Waals surface area contributed by atoms with Crippen LogP contribution < -0.4 is 0 Å². The van der Waals surface area contributed by atoms with E-state index in [-0.39, 0.29) is 18.5 Å². The molecule has 142 valence electrons. The van der Waals surface area contributed by atoms with Gasteiger partial charge in [0.25, 0.3) is 5.22 Å². The molecule has 0 aliphatic rings. The number of thioether (sulfide) groups is 1. The second-order valence-electron chi connectivity index (χ2n) is 5.87. The number of aromatic nitrogens is 2. The van der Waals surface area contributed by atoms with Crippen molar-refractivity contribution in [1.82, 2.24) is 10.2 Å². The molecule has 0 amide bonds. The van der Waals surface area contributed by atoms with Crippen LogP contribution in [0.3, 0.4) is 0 Å². The summed E-state index contributed by atoms with van der Waals surface area (Å²) in [7, 11) is 0. The second-order valence-corrected chi connectivity index (χ2v) is 7.28. The number of aliphatic hydroxyl groups excluding tert-OH is 1. The predicted molar refractivity (Wildman–Crippen MR) is 102 cm³/mol. The van der Waals surface area contributed by atoms with Gasteiger partial charge in [-0.2, -0.15) is 0 Å². The molecule has 0 aliphatic heterocycles. The molecule has 0 fully saturated rings. The minimum absolute atomic E-state index is 0.157. The number of halogens is 2. The van der Waals surface area contributed by atoms with Crippen molar-refractivity contribution in [2.75, 3.05) is 12.4 Å². The normalized spacial score (nSPS) is 13.5. The van der Waals surface area contributed by atoms with Gasteiger partial charge in [-0.15, -0.1) is 10.2 Å². The van der Waals surface area contributed by atoms with E-state index in [1.54, 1.807) is 24.3 Å². The first-order chi connectivity index (χ1) is 13.0. The molecule has 2 aromatic carbocycles. The lowest BCUT2D eigenvalue weighted by Crippen LogP contribution is -2.19. The van der Waals surface area contributed by atoms with Crippen molar-refractivity contribution in [3.63, 3.8) is 0 Å². The zero-order valence-electron chi connectivity index (χ0n) is 14.5. The van der Waals surface area contributed by atoms with Crippen molar-refractivity contribution < 1.29 is 18.7 Å². The summed E-state index contributed by atoms with van der Waals surface area (Å²) in [4.78, 5) is 0. The molecule has 0 radical (unpaired) electrons. The van der Waals surface area contributed by atoms with Crippen LogP contribution in [0.4, 0.5) is 4.39 Å². The maximum Gasteiger partial charge on any atom is 0.276 e. The predicted octanol–water partition coefficient (Wildman–Crippen LogP) is 4.76. The van der Waals surface area contributed by atoms with E-state index in [1.807, 2.05) is 19.1 Å². The van der Waals surface area contributed by atoms with Crippen LogP contribution in [-0.4, -0.2) is 33.8 Å².